The van der Waals surface area contributed by atoms with Crippen LogP contribution in [0.3, 0.4) is 0 Å². The van der Waals surface area contributed by atoms with E-state index in [2.05, 4.69) is 6.92 Å². The van der Waals surface area contributed by atoms with E-state index in [1.165, 1.54) is 6.42 Å². The molecule has 0 aliphatic rings. The van der Waals surface area contributed by atoms with Gasteiger partial charge in [0, 0.05) is 5.92 Å². The van der Waals surface area contributed by atoms with Crippen molar-refractivity contribution in [1.82, 2.24) is 0 Å². The van der Waals surface area contributed by atoms with Crippen molar-refractivity contribution in [3.63, 3.8) is 0 Å². The summed E-state index contributed by atoms with van der Waals surface area (Å²) < 4.78 is 15.8. The van der Waals surface area contributed by atoms with E-state index in [9.17, 15) is 14.4 Å². The van der Waals surface area contributed by atoms with Crippen molar-refractivity contribution in [2.45, 2.75) is 78.6 Å². The molecule has 1 atom stereocenters. The fourth-order valence-corrected chi connectivity index (χ4v) is 3.86. The second kappa shape index (κ2) is 14.6. The molecule has 0 aromatic heterocycles. The summed E-state index contributed by atoms with van der Waals surface area (Å²) in [6.07, 6.45) is 6.74. The van der Waals surface area contributed by atoms with Crippen LogP contribution in [-0.4, -0.2) is 37.7 Å². The van der Waals surface area contributed by atoms with Gasteiger partial charge in [-0.2, -0.15) is 0 Å². The van der Waals surface area contributed by atoms with E-state index in [0.29, 0.717) is 12.0 Å². The molecule has 174 valence electrons. The van der Waals surface area contributed by atoms with Crippen LogP contribution >= 0.6 is 0 Å². The highest BCUT2D eigenvalue weighted by molar-refractivity contribution is 6.19. The van der Waals surface area contributed by atoms with Gasteiger partial charge in [0.05, 0.1) is 19.8 Å². The number of hydrogen-bond acceptors (Lipinski definition) is 6. The lowest BCUT2D eigenvalue weighted by Crippen LogP contribution is -2.53. The Morgan fingerprint density at radius 2 is 1.16 bits per heavy atom. The van der Waals surface area contributed by atoms with Gasteiger partial charge in [-0.1, -0.05) is 75.8 Å². The summed E-state index contributed by atoms with van der Waals surface area (Å²) in [4.78, 5) is 39.8. The molecular formula is C25H38O6. The van der Waals surface area contributed by atoms with Gasteiger partial charge in [0.15, 0.2) is 0 Å². The molecule has 6 nitrogen and oxygen atoms in total. The highest BCUT2D eigenvalue weighted by atomic mass is 16.6. The van der Waals surface area contributed by atoms with Crippen molar-refractivity contribution in [3.05, 3.63) is 35.9 Å². The molecular weight excluding hydrogens is 396 g/mol. The van der Waals surface area contributed by atoms with Gasteiger partial charge in [-0.15, -0.1) is 0 Å². The van der Waals surface area contributed by atoms with Crippen molar-refractivity contribution >= 4 is 17.9 Å². The van der Waals surface area contributed by atoms with Crippen molar-refractivity contribution in [2.75, 3.05) is 19.8 Å². The summed E-state index contributed by atoms with van der Waals surface area (Å²) in [5, 5.41) is 0. The number of unbranched alkanes of at least 4 members (excludes halogenated alkanes) is 5. The Kier molecular flexibility index (Phi) is 12.6. The highest BCUT2D eigenvalue weighted by Gasteiger charge is 2.62. The Bertz CT molecular complexity index is 624. The Balaban J connectivity index is 3.44. The highest BCUT2D eigenvalue weighted by Crippen LogP contribution is 2.43. The molecule has 0 saturated heterocycles. The molecule has 0 amide bonds. The maximum atomic E-state index is 13.3. The van der Waals surface area contributed by atoms with Gasteiger partial charge in [0.25, 0.3) is 5.41 Å². The SMILES string of the molecule is CCCCCCCCC(c1ccccc1)C(C(=O)OCC)(C(=O)OCC)C(=O)OCC. The van der Waals surface area contributed by atoms with E-state index < -0.39 is 29.2 Å². The summed E-state index contributed by atoms with van der Waals surface area (Å²) in [6, 6.07) is 9.17. The fraction of sp³-hybridized carbons (Fsp3) is 0.640. The van der Waals surface area contributed by atoms with Gasteiger partial charge in [-0.25, -0.2) is 0 Å². The molecule has 31 heavy (non-hydrogen) atoms. The molecule has 0 fully saturated rings. The molecule has 6 heteroatoms. The summed E-state index contributed by atoms with van der Waals surface area (Å²) in [5.74, 6) is -3.47. The quantitative estimate of drug-likeness (QED) is 0.163. The molecule has 0 aliphatic heterocycles. The second-order valence-corrected chi connectivity index (χ2v) is 7.49. The number of ether oxygens (including phenoxy) is 3. The topological polar surface area (TPSA) is 78.9 Å². The smallest absolute Gasteiger partial charge is 0.335 e. The number of hydrogen-bond donors (Lipinski definition) is 0. The first-order valence-corrected chi connectivity index (χ1v) is 11.6. The molecule has 0 spiro atoms. The maximum absolute atomic E-state index is 13.3. The van der Waals surface area contributed by atoms with Gasteiger partial charge in [0.1, 0.15) is 0 Å². The van der Waals surface area contributed by atoms with Gasteiger partial charge < -0.3 is 14.2 Å². The van der Waals surface area contributed by atoms with Gasteiger partial charge in [-0.05, 0) is 32.8 Å². The van der Waals surface area contributed by atoms with Crippen LogP contribution in [0.4, 0.5) is 0 Å². The molecule has 0 bridgehead atoms. The molecule has 0 radical (unpaired) electrons. The lowest BCUT2D eigenvalue weighted by Gasteiger charge is -2.34. The number of benzene rings is 1. The second-order valence-electron chi connectivity index (χ2n) is 7.49. The number of carbonyl (C=O) groups is 3. The van der Waals surface area contributed by atoms with Crippen LogP contribution in [0.25, 0.3) is 0 Å². The zero-order valence-corrected chi connectivity index (χ0v) is 19.5. The van der Waals surface area contributed by atoms with Crippen molar-refractivity contribution in [1.29, 1.82) is 0 Å². The molecule has 1 unspecified atom stereocenters. The minimum Gasteiger partial charge on any atom is -0.465 e. The Morgan fingerprint density at radius 3 is 1.61 bits per heavy atom. The Morgan fingerprint density at radius 1 is 0.710 bits per heavy atom. The van der Waals surface area contributed by atoms with Crippen LogP contribution in [0, 0.1) is 5.41 Å². The zero-order chi connectivity index (χ0) is 23.1. The van der Waals surface area contributed by atoms with Crippen molar-refractivity contribution in [3.8, 4) is 0 Å². The fourth-order valence-electron chi connectivity index (χ4n) is 3.86. The summed E-state index contributed by atoms with van der Waals surface area (Å²) in [5.41, 5.74) is -1.47. The van der Waals surface area contributed by atoms with Crippen LogP contribution in [0.2, 0.25) is 0 Å². The van der Waals surface area contributed by atoms with Crippen LogP contribution in [0.1, 0.15) is 84.1 Å². The predicted octanol–water partition coefficient (Wildman–Crippen LogP) is 5.20. The van der Waals surface area contributed by atoms with Gasteiger partial charge in [-0.3, -0.25) is 14.4 Å². The van der Waals surface area contributed by atoms with E-state index in [1.54, 1.807) is 20.8 Å². The predicted molar refractivity (Wildman–Crippen MR) is 120 cm³/mol. The van der Waals surface area contributed by atoms with E-state index in [0.717, 1.165) is 32.1 Å². The van der Waals surface area contributed by atoms with Crippen LogP contribution < -0.4 is 0 Å². The van der Waals surface area contributed by atoms with Crippen LogP contribution in [0.5, 0.6) is 0 Å². The van der Waals surface area contributed by atoms with Crippen molar-refractivity contribution in [2.24, 2.45) is 5.41 Å². The summed E-state index contributed by atoms with van der Waals surface area (Å²) >= 11 is 0. The standard InChI is InChI=1S/C25H38O6/c1-5-9-10-11-12-16-19-21(20-17-14-13-15-18-20)25(22(26)29-6-2,23(27)30-7-3)24(28)31-8-4/h13-15,17-18,21H,5-12,16,19H2,1-4H3. The third-order valence-corrected chi connectivity index (χ3v) is 5.36. The molecule has 1 rings (SSSR count). The molecule has 0 aliphatic carbocycles. The average Bonchev–Trinajstić information content (AvgIpc) is 2.76. The van der Waals surface area contributed by atoms with Crippen LogP contribution in [-0.2, 0) is 28.6 Å². The first kappa shape index (κ1) is 26.7. The van der Waals surface area contributed by atoms with E-state index >= 15 is 0 Å². The number of carbonyl (C=O) groups excluding carboxylic acids is 3. The Hall–Kier alpha value is -2.37. The molecule has 1 aromatic rings. The lowest BCUT2D eigenvalue weighted by molar-refractivity contribution is -0.186. The molecule has 0 heterocycles. The van der Waals surface area contributed by atoms with Crippen LogP contribution in [0.15, 0.2) is 30.3 Å². The maximum Gasteiger partial charge on any atom is 0.335 e. The summed E-state index contributed by atoms with van der Waals surface area (Å²) in [7, 11) is 0. The zero-order valence-electron chi connectivity index (χ0n) is 19.5. The normalized spacial score (nSPS) is 12.1. The van der Waals surface area contributed by atoms with E-state index in [4.69, 9.17) is 14.2 Å². The molecule has 0 saturated carbocycles. The summed E-state index contributed by atoms with van der Waals surface area (Å²) in [6.45, 7) is 7.21. The van der Waals surface area contributed by atoms with Gasteiger partial charge in [0.2, 0.25) is 0 Å². The third kappa shape index (κ3) is 7.08. The molecule has 0 N–H and O–H groups in total. The first-order chi connectivity index (χ1) is 15.0. The van der Waals surface area contributed by atoms with E-state index in [-0.39, 0.29) is 19.8 Å². The average molecular weight is 435 g/mol. The third-order valence-electron chi connectivity index (χ3n) is 5.36. The van der Waals surface area contributed by atoms with Crippen molar-refractivity contribution < 1.29 is 28.6 Å². The number of esters is 3. The monoisotopic (exact) mass is 434 g/mol. The minimum atomic E-state index is -2.19. The number of rotatable bonds is 15. The van der Waals surface area contributed by atoms with E-state index in [1.807, 2.05) is 30.3 Å². The Labute approximate surface area is 186 Å². The van der Waals surface area contributed by atoms with Gasteiger partial charge >= 0.3 is 17.9 Å². The minimum absolute atomic E-state index is 0.0396. The lowest BCUT2D eigenvalue weighted by atomic mass is 9.69. The molecule has 1 aromatic carbocycles. The first-order valence-electron chi connectivity index (χ1n) is 11.6. The largest absolute Gasteiger partial charge is 0.465 e.